The highest BCUT2D eigenvalue weighted by molar-refractivity contribution is 5.79. The summed E-state index contributed by atoms with van der Waals surface area (Å²) in [6.07, 6.45) is 0.887. The second kappa shape index (κ2) is 23.4. The Kier molecular flexibility index (Phi) is 17.2. The number of carbonyl (C=O) groups excluding carboxylic acids is 2. The topological polar surface area (TPSA) is 148 Å². The van der Waals surface area contributed by atoms with E-state index in [1.165, 1.54) is 7.11 Å². The van der Waals surface area contributed by atoms with Gasteiger partial charge in [0.1, 0.15) is 40.1 Å². The molecule has 356 valence electrons. The summed E-state index contributed by atoms with van der Waals surface area (Å²) in [5.74, 6) is 5.28. The van der Waals surface area contributed by atoms with Gasteiger partial charge in [-0.15, -0.1) is 0 Å². The Labute approximate surface area is 399 Å². The first-order chi connectivity index (χ1) is 32.6. The Bertz CT molecular complexity index is 2650. The van der Waals surface area contributed by atoms with E-state index in [1.54, 1.807) is 50.1 Å². The molecule has 0 unspecified atom stereocenters. The Morgan fingerprint density at radius 2 is 1.03 bits per heavy atom. The number of hydrogen-bond donors (Lipinski definition) is 1. The molecule has 0 spiro atoms. The van der Waals surface area contributed by atoms with E-state index in [-0.39, 0.29) is 5.97 Å². The minimum atomic E-state index is -0.738. The first-order valence-corrected chi connectivity index (χ1v) is 22.6. The summed E-state index contributed by atoms with van der Waals surface area (Å²) in [7, 11) is 2.98. The highest BCUT2D eigenvalue weighted by Gasteiger charge is 2.29. The van der Waals surface area contributed by atoms with Gasteiger partial charge in [0.05, 0.1) is 38.8 Å². The number of ether oxygens (including phenoxy) is 5. The number of nitrogens with zero attached hydrogens (tertiary/aromatic N) is 3. The Morgan fingerprint density at radius 1 is 0.588 bits per heavy atom. The van der Waals surface area contributed by atoms with Crippen LogP contribution in [0.2, 0.25) is 0 Å². The van der Waals surface area contributed by atoms with Gasteiger partial charge in [-0.3, -0.25) is 15.0 Å². The van der Waals surface area contributed by atoms with Crippen molar-refractivity contribution in [3.63, 3.8) is 0 Å². The summed E-state index contributed by atoms with van der Waals surface area (Å²) in [4.78, 5) is 35.7. The lowest BCUT2D eigenvalue weighted by Gasteiger charge is -2.34. The third-order valence-corrected chi connectivity index (χ3v) is 11.0. The molecule has 68 heavy (non-hydrogen) atoms. The number of methoxy groups -OCH3 is 2. The van der Waals surface area contributed by atoms with E-state index in [0.717, 1.165) is 56.7 Å². The molecule has 5 aromatic carbocycles. The van der Waals surface area contributed by atoms with Gasteiger partial charge in [0.25, 0.3) is 0 Å². The van der Waals surface area contributed by atoms with Crippen molar-refractivity contribution >= 4 is 12.1 Å². The summed E-state index contributed by atoms with van der Waals surface area (Å²) < 4.78 is 39.0. The summed E-state index contributed by atoms with van der Waals surface area (Å²) in [6.45, 7) is 15.3. The van der Waals surface area contributed by atoms with Crippen molar-refractivity contribution in [3.05, 3.63) is 167 Å². The Hall–Kier alpha value is -7.38. The number of rotatable bonds is 18. The lowest BCUT2D eigenvalue weighted by Crippen LogP contribution is -2.46. The maximum atomic E-state index is 13.0. The van der Waals surface area contributed by atoms with Crippen LogP contribution in [0, 0.1) is 13.8 Å². The molecule has 7 rings (SSSR count). The van der Waals surface area contributed by atoms with Crippen molar-refractivity contribution in [1.29, 1.82) is 0 Å². The van der Waals surface area contributed by atoms with Gasteiger partial charge in [-0.05, 0) is 132 Å². The number of nitrogens with one attached hydrogen (secondary N) is 1. The number of aryl methyl sites for hydroxylation is 2. The van der Waals surface area contributed by atoms with Crippen LogP contribution in [0.3, 0.4) is 0 Å². The standard InChI is InChI=1S/C31H34N2O5.C24H28N2O4/c1-22-28(32-29(37-22)24-9-7-6-8-10-24)19-20-36-26-13-11-23(12-14-26)21-33(31(2,3)4)30(34)38-27-17-15-25(35-5)16-18-27;1-17-21(26-22(30-17)19-8-6-5-7-9-19)14-15-29-20-12-10-18(11-13-20)16-25-24(2,3)23(27)28-4/h6-18H,19-21H2,1-5H3;5-13,25H,14-16H2,1-4H3. The lowest BCUT2D eigenvalue weighted by atomic mass is 10.1. The second-order valence-corrected chi connectivity index (χ2v) is 17.5. The quantitative estimate of drug-likeness (QED) is 0.0817. The fourth-order valence-electron chi connectivity index (χ4n) is 6.86. The summed E-state index contributed by atoms with van der Waals surface area (Å²) in [6, 6.07) is 42.2. The van der Waals surface area contributed by atoms with Gasteiger partial charge in [0.2, 0.25) is 11.8 Å². The zero-order chi connectivity index (χ0) is 48.7. The van der Waals surface area contributed by atoms with Gasteiger partial charge in [0, 0.05) is 42.6 Å². The minimum Gasteiger partial charge on any atom is -0.497 e. The molecule has 0 aliphatic rings. The van der Waals surface area contributed by atoms with Crippen molar-refractivity contribution < 1.29 is 42.1 Å². The van der Waals surface area contributed by atoms with Gasteiger partial charge >= 0.3 is 12.1 Å². The molecule has 13 nitrogen and oxygen atoms in total. The van der Waals surface area contributed by atoms with Gasteiger partial charge in [-0.2, -0.15) is 0 Å². The van der Waals surface area contributed by atoms with E-state index in [1.807, 2.05) is 144 Å². The number of benzene rings is 5. The number of amides is 1. The van der Waals surface area contributed by atoms with E-state index in [4.69, 9.17) is 32.5 Å². The predicted molar refractivity (Wildman–Crippen MR) is 262 cm³/mol. The molecular weight excluding hydrogens is 861 g/mol. The van der Waals surface area contributed by atoms with E-state index < -0.39 is 17.2 Å². The fraction of sp³-hybridized carbons (Fsp3) is 0.309. The van der Waals surface area contributed by atoms with Crippen LogP contribution in [-0.4, -0.2) is 65.4 Å². The molecule has 0 aliphatic carbocycles. The molecular formula is C55H62N4O9. The van der Waals surface area contributed by atoms with Crippen LogP contribution in [0.1, 0.15) is 68.7 Å². The first kappa shape index (κ1) is 50.0. The molecule has 0 fully saturated rings. The number of esters is 1. The molecule has 7 aromatic rings. The largest absolute Gasteiger partial charge is 0.497 e. The molecule has 0 bridgehead atoms. The molecule has 0 radical (unpaired) electrons. The molecule has 1 amide bonds. The number of carbonyl (C=O) groups is 2. The molecule has 1 N–H and O–H groups in total. The molecule has 2 heterocycles. The number of hydrogen-bond acceptors (Lipinski definition) is 12. The zero-order valence-electron chi connectivity index (χ0n) is 40.5. The van der Waals surface area contributed by atoms with E-state index >= 15 is 0 Å². The van der Waals surface area contributed by atoms with Gasteiger partial charge in [-0.1, -0.05) is 60.7 Å². The maximum absolute atomic E-state index is 13.0. The van der Waals surface area contributed by atoms with Crippen molar-refractivity contribution in [2.75, 3.05) is 27.4 Å². The SMILES string of the molecule is COC(=O)C(C)(C)NCc1ccc(OCCc2nc(-c3ccccc3)oc2C)cc1.COc1ccc(OC(=O)N(Cc2ccc(OCCc3nc(-c4ccccc4)oc3C)cc2)C(C)(C)C)cc1. The van der Waals surface area contributed by atoms with Crippen LogP contribution >= 0.6 is 0 Å². The highest BCUT2D eigenvalue weighted by Crippen LogP contribution is 2.26. The Balaban J connectivity index is 0.000000230. The van der Waals surface area contributed by atoms with Crippen molar-refractivity contribution in [2.24, 2.45) is 0 Å². The normalized spacial score (nSPS) is 11.2. The number of aromatic nitrogens is 2. The maximum Gasteiger partial charge on any atom is 0.415 e. The third-order valence-electron chi connectivity index (χ3n) is 11.0. The van der Waals surface area contributed by atoms with Crippen molar-refractivity contribution in [2.45, 2.75) is 85.5 Å². The summed E-state index contributed by atoms with van der Waals surface area (Å²) in [5, 5.41) is 3.20. The van der Waals surface area contributed by atoms with E-state index in [9.17, 15) is 9.59 Å². The van der Waals surface area contributed by atoms with Crippen LogP contribution < -0.4 is 24.3 Å². The fourth-order valence-corrected chi connectivity index (χ4v) is 6.86. The van der Waals surface area contributed by atoms with Crippen LogP contribution in [0.25, 0.3) is 22.9 Å². The molecule has 2 aromatic heterocycles. The van der Waals surface area contributed by atoms with Crippen molar-refractivity contribution in [3.8, 4) is 45.9 Å². The predicted octanol–water partition coefficient (Wildman–Crippen LogP) is 11.4. The molecule has 0 atom stereocenters. The molecule has 13 heteroatoms. The molecule has 0 aliphatic heterocycles. The molecule has 0 saturated carbocycles. The van der Waals surface area contributed by atoms with Gasteiger partial charge < -0.3 is 32.5 Å². The lowest BCUT2D eigenvalue weighted by molar-refractivity contribution is -0.147. The van der Waals surface area contributed by atoms with Gasteiger partial charge in [0.15, 0.2) is 0 Å². The first-order valence-electron chi connectivity index (χ1n) is 22.6. The van der Waals surface area contributed by atoms with Gasteiger partial charge in [-0.25, -0.2) is 14.8 Å². The Morgan fingerprint density at radius 3 is 1.47 bits per heavy atom. The van der Waals surface area contributed by atoms with Crippen LogP contribution in [-0.2, 0) is 35.5 Å². The van der Waals surface area contributed by atoms with Crippen LogP contribution in [0.5, 0.6) is 23.0 Å². The zero-order valence-corrected chi connectivity index (χ0v) is 40.5. The second-order valence-electron chi connectivity index (χ2n) is 17.5. The van der Waals surface area contributed by atoms with Crippen molar-refractivity contribution in [1.82, 2.24) is 20.2 Å². The summed E-state index contributed by atoms with van der Waals surface area (Å²) in [5.41, 5.74) is 4.56. The summed E-state index contributed by atoms with van der Waals surface area (Å²) >= 11 is 0. The monoisotopic (exact) mass is 922 g/mol. The van der Waals surface area contributed by atoms with E-state index in [2.05, 4.69) is 15.3 Å². The van der Waals surface area contributed by atoms with E-state index in [0.29, 0.717) is 62.4 Å². The highest BCUT2D eigenvalue weighted by atomic mass is 16.6. The van der Waals surface area contributed by atoms with Crippen LogP contribution in [0.15, 0.2) is 142 Å². The van der Waals surface area contributed by atoms with Crippen LogP contribution in [0.4, 0.5) is 4.79 Å². The molecule has 0 saturated heterocycles. The smallest absolute Gasteiger partial charge is 0.415 e. The average molecular weight is 923 g/mol. The third kappa shape index (κ3) is 14.3. The minimum absolute atomic E-state index is 0.291. The number of oxazole rings is 2. The average Bonchev–Trinajstić information content (AvgIpc) is 3.91.